The number of benzene rings is 1. The van der Waals surface area contributed by atoms with Gasteiger partial charge in [0.2, 0.25) is 0 Å². The van der Waals surface area contributed by atoms with Gasteiger partial charge in [0.05, 0.1) is 38.7 Å². The molecule has 1 aliphatic heterocycles. The summed E-state index contributed by atoms with van der Waals surface area (Å²) in [6.45, 7) is 4.68. The standard InChI is InChI=1S/C17H23N3O3/c1-3-19(15-11-23-12-16(15)21)9-13-8-18-20(10-13)14-6-4-5-7-17(14)22-2/h4-8,10,15-16,21H,3,9,11-12H2,1-2H3/t15-,16-/m0/s1. The molecule has 0 spiro atoms. The van der Waals surface area contributed by atoms with Crippen molar-refractivity contribution in [2.24, 2.45) is 0 Å². The second-order valence-corrected chi connectivity index (χ2v) is 5.70. The number of hydrogen-bond acceptors (Lipinski definition) is 5. The van der Waals surface area contributed by atoms with Gasteiger partial charge in [-0.3, -0.25) is 4.90 Å². The van der Waals surface area contributed by atoms with Crippen molar-refractivity contribution in [3.8, 4) is 11.4 Å². The predicted molar refractivity (Wildman–Crippen MR) is 86.8 cm³/mol. The van der Waals surface area contributed by atoms with Gasteiger partial charge >= 0.3 is 0 Å². The number of rotatable bonds is 6. The molecular weight excluding hydrogens is 294 g/mol. The largest absolute Gasteiger partial charge is 0.494 e. The van der Waals surface area contributed by atoms with Crippen molar-refractivity contribution in [2.75, 3.05) is 26.9 Å². The van der Waals surface area contributed by atoms with E-state index in [1.54, 1.807) is 7.11 Å². The normalized spacial score (nSPS) is 21.0. The van der Waals surface area contributed by atoms with E-state index in [2.05, 4.69) is 16.9 Å². The van der Waals surface area contributed by atoms with Gasteiger partial charge < -0.3 is 14.6 Å². The van der Waals surface area contributed by atoms with Gasteiger partial charge in [-0.05, 0) is 18.7 Å². The molecule has 0 bridgehead atoms. The first-order chi connectivity index (χ1) is 11.2. The zero-order chi connectivity index (χ0) is 16.2. The maximum Gasteiger partial charge on any atom is 0.144 e. The lowest BCUT2D eigenvalue weighted by atomic mass is 10.1. The third-order valence-electron chi connectivity index (χ3n) is 4.25. The summed E-state index contributed by atoms with van der Waals surface area (Å²) < 4.78 is 12.6. The maximum absolute atomic E-state index is 10.0. The van der Waals surface area contributed by atoms with Crippen LogP contribution >= 0.6 is 0 Å². The fourth-order valence-corrected chi connectivity index (χ4v) is 2.97. The lowest BCUT2D eigenvalue weighted by Gasteiger charge is -2.27. The molecule has 1 saturated heterocycles. The zero-order valence-electron chi connectivity index (χ0n) is 13.6. The van der Waals surface area contributed by atoms with Crippen molar-refractivity contribution in [3.05, 3.63) is 42.2 Å². The molecule has 0 unspecified atom stereocenters. The van der Waals surface area contributed by atoms with Crippen LogP contribution in [0.3, 0.4) is 0 Å². The summed E-state index contributed by atoms with van der Waals surface area (Å²) in [6, 6.07) is 7.84. The number of aliphatic hydroxyl groups excluding tert-OH is 1. The van der Waals surface area contributed by atoms with Crippen molar-refractivity contribution >= 4 is 0 Å². The molecule has 0 radical (unpaired) electrons. The second kappa shape index (κ2) is 7.12. The van der Waals surface area contributed by atoms with Crippen molar-refractivity contribution in [2.45, 2.75) is 25.6 Å². The SMILES string of the molecule is CCN(Cc1cnn(-c2ccccc2OC)c1)[C@H]1COC[C@@H]1O. The summed E-state index contributed by atoms with van der Waals surface area (Å²) >= 11 is 0. The van der Waals surface area contributed by atoms with E-state index in [9.17, 15) is 5.11 Å². The lowest BCUT2D eigenvalue weighted by molar-refractivity contribution is 0.0808. The molecule has 23 heavy (non-hydrogen) atoms. The highest BCUT2D eigenvalue weighted by Crippen LogP contribution is 2.22. The molecular formula is C17H23N3O3. The van der Waals surface area contributed by atoms with Gasteiger partial charge in [0.1, 0.15) is 11.4 Å². The Morgan fingerprint density at radius 2 is 2.22 bits per heavy atom. The summed E-state index contributed by atoms with van der Waals surface area (Å²) in [5, 5.41) is 14.5. The van der Waals surface area contributed by atoms with E-state index >= 15 is 0 Å². The van der Waals surface area contributed by atoms with E-state index in [1.165, 1.54) is 0 Å². The van der Waals surface area contributed by atoms with E-state index in [0.717, 1.165) is 30.1 Å². The average molecular weight is 317 g/mol. The number of hydrogen-bond donors (Lipinski definition) is 1. The predicted octanol–water partition coefficient (Wildman–Crippen LogP) is 1.46. The van der Waals surface area contributed by atoms with Gasteiger partial charge in [0.15, 0.2) is 0 Å². The summed E-state index contributed by atoms with van der Waals surface area (Å²) in [5.74, 6) is 0.786. The Labute approximate surface area is 136 Å². The van der Waals surface area contributed by atoms with Gasteiger partial charge in [-0.2, -0.15) is 5.10 Å². The molecule has 1 fully saturated rings. The van der Waals surface area contributed by atoms with Crippen LogP contribution in [0.5, 0.6) is 5.75 Å². The topological polar surface area (TPSA) is 59.8 Å². The molecule has 1 aliphatic rings. The molecule has 3 rings (SSSR count). The molecule has 2 heterocycles. The average Bonchev–Trinajstić information content (AvgIpc) is 3.21. The Hall–Kier alpha value is -1.89. The Kier molecular flexibility index (Phi) is 4.95. The van der Waals surface area contributed by atoms with Crippen LogP contribution in [0.1, 0.15) is 12.5 Å². The molecule has 1 aromatic carbocycles. The smallest absolute Gasteiger partial charge is 0.144 e. The summed E-state index contributed by atoms with van der Waals surface area (Å²) in [6.07, 6.45) is 3.44. The lowest BCUT2D eigenvalue weighted by Crippen LogP contribution is -2.42. The van der Waals surface area contributed by atoms with Gasteiger partial charge in [-0.15, -0.1) is 0 Å². The summed E-state index contributed by atoms with van der Waals surface area (Å²) in [7, 11) is 1.66. The molecule has 2 atom stereocenters. The molecule has 124 valence electrons. The van der Waals surface area contributed by atoms with Crippen molar-refractivity contribution in [1.29, 1.82) is 0 Å². The van der Waals surface area contributed by atoms with E-state index in [4.69, 9.17) is 9.47 Å². The number of methoxy groups -OCH3 is 1. The highest BCUT2D eigenvalue weighted by Gasteiger charge is 2.31. The van der Waals surface area contributed by atoms with Crippen LogP contribution in [0.15, 0.2) is 36.7 Å². The number of nitrogens with zero attached hydrogens (tertiary/aromatic N) is 3. The minimum Gasteiger partial charge on any atom is -0.494 e. The monoisotopic (exact) mass is 317 g/mol. The molecule has 2 aromatic rings. The van der Waals surface area contributed by atoms with E-state index in [-0.39, 0.29) is 6.04 Å². The van der Waals surface area contributed by atoms with Crippen LogP contribution in [0, 0.1) is 0 Å². The van der Waals surface area contributed by atoms with Gasteiger partial charge in [0.25, 0.3) is 0 Å². The molecule has 0 saturated carbocycles. The first kappa shape index (κ1) is 16.0. The maximum atomic E-state index is 10.0. The second-order valence-electron chi connectivity index (χ2n) is 5.70. The number of aromatic nitrogens is 2. The highest BCUT2D eigenvalue weighted by molar-refractivity contribution is 5.46. The van der Waals surface area contributed by atoms with Crippen LogP contribution < -0.4 is 4.74 Å². The molecule has 1 N–H and O–H groups in total. The number of para-hydroxylation sites is 2. The first-order valence-electron chi connectivity index (χ1n) is 7.89. The summed E-state index contributed by atoms with van der Waals surface area (Å²) in [4.78, 5) is 2.22. The third-order valence-corrected chi connectivity index (χ3v) is 4.25. The van der Waals surface area contributed by atoms with E-state index < -0.39 is 6.10 Å². The molecule has 0 amide bonds. The first-order valence-corrected chi connectivity index (χ1v) is 7.89. The van der Waals surface area contributed by atoms with Crippen LogP contribution in [0.2, 0.25) is 0 Å². The molecule has 6 heteroatoms. The minimum atomic E-state index is -0.417. The number of likely N-dealkylation sites (N-methyl/N-ethyl adjacent to an activating group) is 1. The molecule has 1 aromatic heterocycles. The Bertz CT molecular complexity index is 644. The molecule has 6 nitrogen and oxygen atoms in total. The fraction of sp³-hybridized carbons (Fsp3) is 0.471. The Morgan fingerprint density at radius 1 is 1.39 bits per heavy atom. The quantitative estimate of drug-likeness (QED) is 0.874. The van der Waals surface area contributed by atoms with Crippen LogP contribution in [-0.2, 0) is 11.3 Å². The van der Waals surface area contributed by atoms with E-state index in [0.29, 0.717) is 13.2 Å². The van der Waals surface area contributed by atoms with Crippen molar-refractivity contribution in [3.63, 3.8) is 0 Å². The van der Waals surface area contributed by atoms with Gasteiger partial charge in [-0.25, -0.2) is 4.68 Å². The fourth-order valence-electron chi connectivity index (χ4n) is 2.97. The van der Waals surface area contributed by atoms with E-state index in [1.807, 2.05) is 41.3 Å². The molecule has 0 aliphatic carbocycles. The van der Waals surface area contributed by atoms with Crippen molar-refractivity contribution in [1.82, 2.24) is 14.7 Å². The van der Waals surface area contributed by atoms with Crippen molar-refractivity contribution < 1.29 is 14.6 Å². The van der Waals surface area contributed by atoms with Crippen LogP contribution in [0.25, 0.3) is 5.69 Å². The van der Waals surface area contributed by atoms with Gasteiger partial charge in [0, 0.05) is 18.3 Å². The number of aliphatic hydroxyl groups is 1. The minimum absolute atomic E-state index is 0.0506. The Morgan fingerprint density at radius 3 is 2.91 bits per heavy atom. The number of ether oxygens (including phenoxy) is 2. The zero-order valence-corrected chi connectivity index (χ0v) is 13.6. The third kappa shape index (κ3) is 3.39. The van der Waals surface area contributed by atoms with Crippen LogP contribution in [-0.4, -0.2) is 58.8 Å². The van der Waals surface area contributed by atoms with Crippen LogP contribution in [0.4, 0.5) is 0 Å². The highest BCUT2D eigenvalue weighted by atomic mass is 16.5. The Balaban J connectivity index is 1.76. The van der Waals surface area contributed by atoms with Gasteiger partial charge in [-0.1, -0.05) is 19.1 Å². The summed E-state index contributed by atoms with van der Waals surface area (Å²) in [5.41, 5.74) is 2.00.